The van der Waals surface area contributed by atoms with E-state index in [0.717, 1.165) is 32.4 Å². The van der Waals surface area contributed by atoms with Gasteiger partial charge in [-0.25, -0.2) is 0 Å². The van der Waals surface area contributed by atoms with Gasteiger partial charge in [0.15, 0.2) is 0 Å². The molecule has 0 aromatic carbocycles. The molecule has 0 bridgehead atoms. The maximum atomic E-state index is 12.9. The Morgan fingerprint density at radius 1 is 1.19 bits per heavy atom. The molecule has 122 valence electrons. The molecule has 0 aromatic rings. The summed E-state index contributed by atoms with van der Waals surface area (Å²) in [6, 6.07) is 0.699. The van der Waals surface area contributed by atoms with Crippen LogP contribution in [0, 0.1) is 11.3 Å². The Hall–Kier alpha value is -0.320. The fourth-order valence-electron chi connectivity index (χ4n) is 4.73. The fraction of sp³-hybridized carbons (Fsp3) is 0.938. The van der Waals surface area contributed by atoms with E-state index in [-0.39, 0.29) is 17.8 Å². The lowest BCUT2D eigenvalue weighted by Gasteiger charge is -2.47. The molecule has 2 aliphatic heterocycles. The van der Waals surface area contributed by atoms with Gasteiger partial charge in [-0.1, -0.05) is 12.8 Å². The van der Waals surface area contributed by atoms with Gasteiger partial charge in [-0.3, -0.25) is 4.79 Å². The Morgan fingerprint density at radius 2 is 1.90 bits per heavy atom. The summed E-state index contributed by atoms with van der Waals surface area (Å²) in [5.41, 5.74) is 5.76. The molecular weight excluding hydrogens is 286 g/mol. The molecule has 2 unspecified atom stereocenters. The molecule has 5 heteroatoms. The molecule has 1 aliphatic carbocycles. The molecule has 3 rings (SSSR count). The van der Waals surface area contributed by atoms with Crippen molar-refractivity contribution in [3.63, 3.8) is 0 Å². The summed E-state index contributed by atoms with van der Waals surface area (Å²) in [5.74, 6) is 1.05. The first-order chi connectivity index (χ1) is 9.66. The van der Waals surface area contributed by atoms with Gasteiger partial charge in [-0.2, -0.15) is 0 Å². The molecule has 0 aromatic heterocycles. The first kappa shape index (κ1) is 17.0. The number of carbonyl (C=O) groups excluding carboxylic acids is 1. The van der Waals surface area contributed by atoms with E-state index >= 15 is 0 Å². The van der Waals surface area contributed by atoms with Gasteiger partial charge in [0.2, 0.25) is 5.91 Å². The number of fused-ring (bicyclic) bond motifs is 1. The van der Waals surface area contributed by atoms with Crippen LogP contribution in [0.15, 0.2) is 0 Å². The number of carbonyl (C=O) groups is 1. The molecule has 1 amide bonds. The molecular formula is C16H30ClN3O. The van der Waals surface area contributed by atoms with Gasteiger partial charge in [-0.15, -0.1) is 12.4 Å². The van der Waals surface area contributed by atoms with Gasteiger partial charge in [0.25, 0.3) is 0 Å². The summed E-state index contributed by atoms with van der Waals surface area (Å²) in [7, 11) is 2.24. The molecule has 4 nitrogen and oxygen atoms in total. The summed E-state index contributed by atoms with van der Waals surface area (Å²) in [5, 5.41) is 0. The van der Waals surface area contributed by atoms with E-state index in [1.54, 1.807) is 0 Å². The lowest BCUT2D eigenvalue weighted by atomic mass is 9.80. The predicted octanol–water partition coefficient (Wildman–Crippen LogP) is 1.87. The van der Waals surface area contributed by atoms with Crippen molar-refractivity contribution in [2.45, 2.75) is 51.0 Å². The second kappa shape index (κ2) is 6.84. The molecule has 2 atom stereocenters. The second-order valence-corrected chi connectivity index (χ2v) is 7.18. The Kier molecular flexibility index (Phi) is 5.55. The number of rotatable bonds is 2. The number of halogens is 1. The van der Waals surface area contributed by atoms with E-state index in [9.17, 15) is 4.79 Å². The van der Waals surface area contributed by atoms with Gasteiger partial charge in [0.05, 0.1) is 5.41 Å². The zero-order valence-corrected chi connectivity index (χ0v) is 14.0. The normalized spacial score (nSPS) is 32.4. The van der Waals surface area contributed by atoms with Crippen LogP contribution in [0.2, 0.25) is 0 Å². The lowest BCUT2D eigenvalue weighted by Crippen LogP contribution is -2.57. The zero-order chi connectivity index (χ0) is 14.2. The van der Waals surface area contributed by atoms with Crippen LogP contribution in [0.5, 0.6) is 0 Å². The van der Waals surface area contributed by atoms with E-state index < -0.39 is 0 Å². The molecule has 3 fully saturated rings. The highest BCUT2D eigenvalue weighted by Crippen LogP contribution is 2.40. The number of amides is 1. The molecule has 21 heavy (non-hydrogen) atoms. The minimum Gasteiger partial charge on any atom is -0.342 e. The third-order valence-corrected chi connectivity index (χ3v) is 6.04. The third kappa shape index (κ3) is 3.08. The zero-order valence-electron chi connectivity index (χ0n) is 13.2. The van der Waals surface area contributed by atoms with E-state index in [0.29, 0.717) is 24.4 Å². The van der Waals surface area contributed by atoms with Crippen LogP contribution in [0.3, 0.4) is 0 Å². The smallest absolute Gasteiger partial charge is 0.230 e. The molecule has 1 saturated carbocycles. The average Bonchev–Trinajstić information content (AvgIpc) is 2.96. The molecule has 2 saturated heterocycles. The van der Waals surface area contributed by atoms with Gasteiger partial charge in [-0.05, 0) is 51.6 Å². The van der Waals surface area contributed by atoms with Gasteiger partial charge < -0.3 is 15.5 Å². The molecule has 0 spiro atoms. The number of hydrogen-bond donors (Lipinski definition) is 1. The van der Waals surface area contributed by atoms with E-state index in [1.807, 2.05) is 0 Å². The van der Waals surface area contributed by atoms with Crippen LogP contribution >= 0.6 is 12.4 Å². The molecule has 3 aliphatic rings. The number of likely N-dealkylation sites (tertiary alicyclic amines) is 2. The first-order valence-corrected chi connectivity index (χ1v) is 8.36. The maximum absolute atomic E-state index is 12.9. The monoisotopic (exact) mass is 315 g/mol. The van der Waals surface area contributed by atoms with Crippen LogP contribution in [-0.4, -0.2) is 55.0 Å². The third-order valence-electron chi connectivity index (χ3n) is 6.04. The number of nitrogens with zero attached hydrogens (tertiary/aromatic N) is 2. The van der Waals surface area contributed by atoms with E-state index in [2.05, 4.69) is 16.8 Å². The van der Waals surface area contributed by atoms with Gasteiger partial charge >= 0.3 is 0 Å². The Labute approximate surface area is 134 Å². The van der Waals surface area contributed by atoms with Crippen molar-refractivity contribution in [2.24, 2.45) is 17.1 Å². The van der Waals surface area contributed by atoms with Crippen LogP contribution < -0.4 is 5.73 Å². The summed E-state index contributed by atoms with van der Waals surface area (Å²) < 4.78 is 0. The van der Waals surface area contributed by atoms with Crippen LogP contribution in [0.1, 0.15) is 44.9 Å². The predicted molar refractivity (Wildman–Crippen MR) is 87.5 cm³/mol. The second-order valence-electron chi connectivity index (χ2n) is 7.18. The largest absolute Gasteiger partial charge is 0.342 e. The van der Waals surface area contributed by atoms with Crippen LogP contribution in [0.25, 0.3) is 0 Å². The van der Waals surface area contributed by atoms with Crippen molar-refractivity contribution in [1.29, 1.82) is 0 Å². The van der Waals surface area contributed by atoms with Crippen LogP contribution in [-0.2, 0) is 4.79 Å². The average molecular weight is 316 g/mol. The Morgan fingerprint density at radius 3 is 2.57 bits per heavy atom. The summed E-state index contributed by atoms with van der Waals surface area (Å²) in [4.78, 5) is 17.6. The topological polar surface area (TPSA) is 49.6 Å². The molecule has 2 N–H and O–H groups in total. The van der Waals surface area contributed by atoms with Crippen molar-refractivity contribution in [3.8, 4) is 0 Å². The first-order valence-electron chi connectivity index (χ1n) is 8.36. The van der Waals surface area contributed by atoms with Crippen molar-refractivity contribution in [2.75, 3.05) is 33.2 Å². The summed E-state index contributed by atoms with van der Waals surface area (Å²) >= 11 is 0. The molecule has 0 radical (unpaired) electrons. The van der Waals surface area contributed by atoms with Crippen molar-refractivity contribution in [1.82, 2.24) is 9.80 Å². The van der Waals surface area contributed by atoms with E-state index in [4.69, 9.17) is 5.73 Å². The van der Waals surface area contributed by atoms with Gasteiger partial charge in [0.1, 0.15) is 0 Å². The summed E-state index contributed by atoms with van der Waals surface area (Å²) in [6.45, 7) is 3.67. The van der Waals surface area contributed by atoms with Crippen molar-refractivity contribution < 1.29 is 4.79 Å². The SMILES string of the molecule is CN1CCCC2CN(C(=O)C3(CN)CCCC3)CCC21.Cl. The minimum absolute atomic E-state index is 0. The number of piperidine rings is 2. The Balaban J connectivity index is 0.00000161. The highest BCUT2D eigenvalue weighted by Gasteiger charge is 2.45. The standard InChI is InChI=1S/C16H29N3O.ClH/c1-18-9-4-5-13-11-19(10-6-14(13)18)15(20)16(12-17)7-2-3-8-16;/h13-14H,2-12,17H2,1H3;1H. The molecule has 2 heterocycles. The highest BCUT2D eigenvalue weighted by atomic mass is 35.5. The maximum Gasteiger partial charge on any atom is 0.230 e. The lowest BCUT2D eigenvalue weighted by molar-refractivity contribution is -0.145. The highest BCUT2D eigenvalue weighted by molar-refractivity contribution is 5.85. The van der Waals surface area contributed by atoms with Crippen molar-refractivity contribution >= 4 is 18.3 Å². The minimum atomic E-state index is -0.215. The Bertz CT molecular complexity index is 371. The van der Waals surface area contributed by atoms with Crippen molar-refractivity contribution in [3.05, 3.63) is 0 Å². The number of hydrogen-bond acceptors (Lipinski definition) is 3. The van der Waals surface area contributed by atoms with Crippen LogP contribution in [0.4, 0.5) is 0 Å². The quantitative estimate of drug-likeness (QED) is 0.846. The van der Waals surface area contributed by atoms with Gasteiger partial charge in [0, 0.05) is 25.7 Å². The fourth-order valence-corrected chi connectivity index (χ4v) is 4.73. The van der Waals surface area contributed by atoms with E-state index in [1.165, 1.54) is 32.2 Å². The summed E-state index contributed by atoms with van der Waals surface area (Å²) in [6.07, 6.45) is 8.07. The number of nitrogens with two attached hydrogens (primary N) is 1.